The summed E-state index contributed by atoms with van der Waals surface area (Å²) < 4.78 is 25.7. The fourth-order valence-electron chi connectivity index (χ4n) is 3.52. The second-order valence-corrected chi connectivity index (χ2v) is 11.0. The molecule has 3 aromatic rings. The molecular formula is C22H16BrNO6S2. The Morgan fingerprint density at radius 3 is 2.22 bits per heavy atom. The molecule has 32 heavy (non-hydrogen) atoms. The summed E-state index contributed by atoms with van der Waals surface area (Å²) in [5, 5.41) is 19.6. The standard InChI is InChI=1S/C22H16BrNO6S2/c23-13-10-15(31-22-14(26)6-3-7-16(22)32(29,30)9-8-25)17-18(19(13)24)21(28)12-5-2-1-4-11(12)20(17)27/h1-7,10,25-26H,8-9,24H2. The van der Waals surface area contributed by atoms with Gasteiger partial charge in [-0.3, -0.25) is 9.59 Å². The van der Waals surface area contributed by atoms with Crippen LogP contribution in [0, 0.1) is 0 Å². The summed E-state index contributed by atoms with van der Waals surface area (Å²) in [5.74, 6) is -1.68. The van der Waals surface area contributed by atoms with E-state index in [-0.39, 0.29) is 48.4 Å². The average Bonchev–Trinajstić information content (AvgIpc) is 2.75. The van der Waals surface area contributed by atoms with Gasteiger partial charge in [0, 0.05) is 26.1 Å². The Bertz CT molecular complexity index is 1400. The molecule has 0 atom stereocenters. The van der Waals surface area contributed by atoms with Crippen LogP contribution in [0.15, 0.2) is 67.7 Å². The number of benzene rings is 3. The lowest BCUT2D eigenvalue weighted by Crippen LogP contribution is -2.23. The number of carbonyl (C=O) groups is 2. The summed E-state index contributed by atoms with van der Waals surface area (Å²) in [6, 6.07) is 11.9. The van der Waals surface area contributed by atoms with E-state index >= 15 is 0 Å². The van der Waals surface area contributed by atoms with Gasteiger partial charge in [0.25, 0.3) is 0 Å². The molecule has 3 aromatic carbocycles. The minimum absolute atomic E-state index is 0.0149. The van der Waals surface area contributed by atoms with E-state index in [1.54, 1.807) is 24.3 Å². The SMILES string of the molecule is Nc1c(Br)cc(Sc2c(O)cccc2S(=O)(=O)CCO)c2c1C(=O)c1ccccc1C2=O. The number of hydrogen-bond donors (Lipinski definition) is 3. The van der Waals surface area contributed by atoms with Crippen molar-refractivity contribution in [1.82, 2.24) is 0 Å². The number of ketones is 2. The van der Waals surface area contributed by atoms with Crippen molar-refractivity contribution in [3.63, 3.8) is 0 Å². The van der Waals surface area contributed by atoms with E-state index < -0.39 is 33.8 Å². The predicted molar refractivity (Wildman–Crippen MR) is 123 cm³/mol. The lowest BCUT2D eigenvalue weighted by atomic mass is 9.83. The smallest absolute Gasteiger partial charge is 0.196 e. The summed E-state index contributed by atoms with van der Waals surface area (Å²) >= 11 is 4.15. The third-order valence-corrected chi connectivity index (χ3v) is 8.71. The number of rotatable bonds is 5. The van der Waals surface area contributed by atoms with Crippen LogP contribution in [-0.2, 0) is 9.84 Å². The van der Waals surface area contributed by atoms with Gasteiger partial charge in [0.05, 0.1) is 33.4 Å². The predicted octanol–water partition coefficient (Wildman–Crippen LogP) is 3.43. The number of aliphatic hydroxyl groups is 1. The van der Waals surface area contributed by atoms with Crippen molar-refractivity contribution < 1.29 is 28.2 Å². The topological polar surface area (TPSA) is 135 Å². The van der Waals surface area contributed by atoms with Crippen LogP contribution in [0.5, 0.6) is 5.75 Å². The van der Waals surface area contributed by atoms with Gasteiger partial charge in [0.2, 0.25) is 0 Å². The van der Waals surface area contributed by atoms with Crippen LogP contribution in [0.25, 0.3) is 0 Å². The Kier molecular flexibility index (Phi) is 5.89. The molecule has 4 rings (SSSR count). The molecular weight excluding hydrogens is 518 g/mol. The van der Waals surface area contributed by atoms with Gasteiger partial charge in [-0.15, -0.1) is 0 Å². The molecule has 0 bridgehead atoms. The van der Waals surface area contributed by atoms with Gasteiger partial charge >= 0.3 is 0 Å². The number of nitrogen functional groups attached to an aromatic ring is 1. The molecule has 0 saturated carbocycles. The zero-order valence-corrected chi connectivity index (χ0v) is 19.6. The highest BCUT2D eigenvalue weighted by atomic mass is 79.9. The van der Waals surface area contributed by atoms with E-state index in [2.05, 4.69) is 15.9 Å². The normalized spacial score (nSPS) is 13.1. The van der Waals surface area contributed by atoms with E-state index in [1.165, 1.54) is 24.3 Å². The van der Waals surface area contributed by atoms with Crippen molar-refractivity contribution in [1.29, 1.82) is 0 Å². The van der Waals surface area contributed by atoms with Crippen molar-refractivity contribution in [3.8, 4) is 5.75 Å². The molecule has 0 radical (unpaired) electrons. The van der Waals surface area contributed by atoms with Crippen molar-refractivity contribution in [2.45, 2.75) is 14.7 Å². The third kappa shape index (κ3) is 3.62. The Balaban J connectivity index is 1.95. The first kappa shape index (κ1) is 22.5. The number of fused-ring (bicyclic) bond motifs is 2. The highest BCUT2D eigenvalue weighted by Gasteiger charge is 2.35. The molecule has 0 amide bonds. The van der Waals surface area contributed by atoms with Crippen molar-refractivity contribution in [2.24, 2.45) is 0 Å². The van der Waals surface area contributed by atoms with Gasteiger partial charge in [-0.2, -0.15) is 0 Å². The maximum Gasteiger partial charge on any atom is 0.196 e. The largest absolute Gasteiger partial charge is 0.507 e. The molecule has 0 unspecified atom stereocenters. The van der Waals surface area contributed by atoms with E-state index in [0.29, 0.717) is 4.47 Å². The lowest BCUT2D eigenvalue weighted by molar-refractivity contribution is 0.0977. The number of sulfone groups is 1. The molecule has 0 spiro atoms. The fraction of sp³-hybridized carbons (Fsp3) is 0.0909. The number of nitrogens with two attached hydrogens (primary N) is 1. The number of phenols is 1. The van der Waals surface area contributed by atoms with Crippen LogP contribution in [0.2, 0.25) is 0 Å². The molecule has 7 nitrogen and oxygen atoms in total. The first-order chi connectivity index (χ1) is 15.2. The van der Waals surface area contributed by atoms with Crippen molar-refractivity contribution in [3.05, 3.63) is 75.3 Å². The zero-order valence-electron chi connectivity index (χ0n) is 16.3. The first-order valence-electron chi connectivity index (χ1n) is 9.31. The molecule has 0 fully saturated rings. The van der Waals surface area contributed by atoms with Gasteiger partial charge in [-0.05, 0) is 34.1 Å². The first-order valence-corrected chi connectivity index (χ1v) is 12.6. The van der Waals surface area contributed by atoms with Gasteiger partial charge < -0.3 is 15.9 Å². The third-order valence-electron chi connectivity index (χ3n) is 5.02. The van der Waals surface area contributed by atoms with Crippen molar-refractivity contribution in [2.75, 3.05) is 18.1 Å². The van der Waals surface area contributed by atoms with Gasteiger partial charge in [-0.1, -0.05) is 42.1 Å². The number of hydrogen-bond acceptors (Lipinski definition) is 8. The van der Waals surface area contributed by atoms with Crippen LogP contribution in [0.4, 0.5) is 5.69 Å². The average molecular weight is 534 g/mol. The molecule has 0 saturated heterocycles. The molecule has 1 aliphatic carbocycles. The minimum atomic E-state index is -3.92. The Morgan fingerprint density at radius 2 is 1.59 bits per heavy atom. The van der Waals surface area contributed by atoms with E-state index in [9.17, 15) is 23.1 Å². The molecule has 0 aromatic heterocycles. The Labute approximate surface area is 196 Å². The molecule has 4 N–H and O–H groups in total. The number of phenolic OH excluding ortho intramolecular Hbond substituents is 1. The maximum absolute atomic E-state index is 13.3. The number of halogens is 1. The summed E-state index contributed by atoms with van der Waals surface area (Å²) in [6.07, 6.45) is 0. The van der Waals surface area contributed by atoms with Crippen LogP contribution in [-0.4, -0.2) is 42.6 Å². The highest BCUT2D eigenvalue weighted by molar-refractivity contribution is 9.10. The maximum atomic E-state index is 13.3. The number of carbonyl (C=O) groups excluding carboxylic acids is 2. The molecule has 164 valence electrons. The summed E-state index contributed by atoms with van der Waals surface area (Å²) in [5.41, 5.74) is 6.78. The van der Waals surface area contributed by atoms with Crippen LogP contribution >= 0.6 is 27.7 Å². The molecule has 1 aliphatic rings. The number of anilines is 1. The highest BCUT2D eigenvalue weighted by Crippen LogP contribution is 2.46. The zero-order chi connectivity index (χ0) is 23.2. The number of aliphatic hydroxyl groups excluding tert-OH is 1. The lowest BCUT2D eigenvalue weighted by Gasteiger charge is -2.23. The monoisotopic (exact) mass is 533 g/mol. The minimum Gasteiger partial charge on any atom is -0.507 e. The van der Waals surface area contributed by atoms with Crippen LogP contribution in [0.1, 0.15) is 31.8 Å². The van der Waals surface area contributed by atoms with Gasteiger partial charge in [0.15, 0.2) is 21.4 Å². The van der Waals surface area contributed by atoms with Crippen LogP contribution < -0.4 is 5.73 Å². The number of aromatic hydroxyl groups is 1. The molecule has 10 heteroatoms. The molecule has 0 aliphatic heterocycles. The quantitative estimate of drug-likeness (QED) is 0.332. The second kappa shape index (κ2) is 8.36. The fourth-order valence-corrected chi connectivity index (χ4v) is 6.78. The van der Waals surface area contributed by atoms with Gasteiger partial charge in [-0.25, -0.2) is 8.42 Å². The summed E-state index contributed by atoms with van der Waals surface area (Å²) in [4.78, 5) is 26.6. The van der Waals surface area contributed by atoms with E-state index in [0.717, 1.165) is 11.8 Å². The van der Waals surface area contributed by atoms with Gasteiger partial charge in [0.1, 0.15) is 5.75 Å². The van der Waals surface area contributed by atoms with Crippen LogP contribution in [0.3, 0.4) is 0 Å². The van der Waals surface area contributed by atoms with E-state index in [4.69, 9.17) is 10.8 Å². The summed E-state index contributed by atoms with van der Waals surface area (Å²) in [7, 11) is -3.92. The second-order valence-electron chi connectivity index (χ2n) is 6.97. The van der Waals surface area contributed by atoms with Crippen molar-refractivity contribution >= 4 is 54.8 Å². The van der Waals surface area contributed by atoms with E-state index in [1.807, 2.05) is 0 Å². The Morgan fingerprint density at radius 1 is 0.969 bits per heavy atom. The Hall–Kier alpha value is -2.66. The molecule has 0 heterocycles. The summed E-state index contributed by atoms with van der Waals surface area (Å²) in [6.45, 7) is -0.589.